The standard InChI is InChI=1S/C14H21NO2/c1-3-8-16-13-6-4-12(5-7-13)14-10-15-9-11(2)17-14/h4-7,11,14-15H,3,8-10H2,1-2H3. The Morgan fingerprint density at radius 1 is 1.29 bits per heavy atom. The lowest BCUT2D eigenvalue weighted by Crippen LogP contribution is -2.38. The van der Waals surface area contributed by atoms with E-state index in [1.54, 1.807) is 0 Å². The van der Waals surface area contributed by atoms with E-state index < -0.39 is 0 Å². The van der Waals surface area contributed by atoms with Crippen LogP contribution < -0.4 is 10.1 Å². The number of hydrogen-bond acceptors (Lipinski definition) is 3. The van der Waals surface area contributed by atoms with Gasteiger partial charge in [-0.3, -0.25) is 0 Å². The molecule has 1 aromatic rings. The molecule has 94 valence electrons. The molecular formula is C14H21NO2. The normalized spacial score (nSPS) is 24.6. The van der Waals surface area contributed by atoms with E-state index in [0.29, 0.717) is 0 Å². The molecule has 0 amide bonds. The Balaban J connectivity index is 1.96. The summed E-state index contributed by atoms with van der Waals surface area (Å²) >= 11 is 0. The molecule has 1 saturated heterocycles. The Labute approximate surface area is 103 Å². The lowest BCUT2D eigenvalue weighted by molar-refractivity contribution is -0.0287. The van der Waals surface area contributed by atoms with E-state index in [9.17, 15) is 0 Å². The maximum atomic E-state index is 5.89. The molecule has 0 saturated carbocycles. The summed E-state index contributed by atoms with van der Waals surface area (Å²) in [6.07, 6.45) is 1.48. The first-order valence-corrected chi connectivity index (χ1v) is 6.38. The number of hydrogen-bond donors (Lipinski definition) is 1. The Morgan fingerprint density at radius 3 is 2.71 bits per heavy atom. The second-order valence-electron chi connectivity index (χ2n) is 4.51. The van der Waals surface area contributed by atoms with Gasteiger partial charge in [-0.2, -0.15) is 0 Å². The zero-order valence-electron chi connectivity index (χ0n) is 10.6. The van der Waals surface area contributed by atoms with E-state index in [2.05, 4.69) is 31.3 Å². The number of benzene rings is 1. The van der Waals surface area contributed by atoms with Crippen molar-refractivity contribution >= 4 is 0 Å². The van der Waals surface area contributed by atoms with Crippen LogP contribution in [0.3, 0.4) is 0 Å². The maximum Gasteiger partial charge on any atom is 0.119 e. The van der Waals surface area contributed by atoms with Crippen LogP contribution in [-0.4, -0.2) is 25.8 Å². The minimum atomic E-state index is 0.166. The zero-order chi connectivity index (χ0) is 12.1. The van der Waals surface area contributed by atoms with Crippen LogP contribution in [0.5, 0.6) is 5.75 Å². The summed E-state index contributed by atoms with van der Waals surface area (Å²) in [6, 6.07) is 8.23. The van der Waals surface area contributed by atoms with Gasteiger partial charge in [-0.15, -0.1) is 0 Å². The predicted molar refractivity (Wildman–Crippen MR) is 68.4 cm³/mol. The first kappa shape index (κ1) is 12.4. The lowest BCUT2D eigenvalue weighted by Gasteiger charge is -2.29. The molecule has 1 aliphatic heterocycles. The smallest absolute Gasteiger partial charge is 0.119 e. The molecular weight excluding hydrogens is 214 g/mol. The van der Waals surface area contributed by atoms with Crippen LogP contribution >= 0.6 is 0 Å². The van der Waals surface area contributed by atoms with Gasteiger partial charge in [0.2, 0.25) is 0 Å². The molecule has 0 radical (unpaired) electrons. The SMILES string of the molecule is CCCOc1ccc(C2CNCC(C)O2)cc1. The molecule has 1 heterocycles. The van der Waals surface area contributed by atoms with Crippen molar-refractivity contribution in [3.63, 3.8) is 0 Å². The first-order chi connectivity index (χ1) is 8.29. The van der Waals surface area contributed by atoms with Gasteiger partial charge in [-0.05, 0) is 31.0 Å². The fourth-order valence-corrected chi connectivity index (χ4v) is 1.99. The molecule has 1 aliphatic rings. The summed E-state index contributed by atoms with van der Waals surface area (Å²) in [5.41, 5.74) is 1.22. The third kappa shape index (κ3) is 3.45. The Hall–Kier alpha value is -1.06. The third-order valence-electron chi connectivity index (χ3n) is 2.88. The predicted octanol–water partition coefficient (Wildman–Crippen LogP) is 2.52. The highest BCUT2D eigenvalue weighted by molar-refractivity contribution is 5.29. The first-order valence-electron chi connectivity index (χ1n) is 6.38. The van der Waals surface area contributed by atoms with Gasteiger partial charge in [-0.1, -0.05) is 19.1 Å². The van der Waals surface area contributed by atoms with Crippen molar-refractivity contribution in [1.29, 1.82) is 0 Å². The van der Waals surface area contributed by atoms with E-state index >= 15 is 0 Å². The quantitative estimate of drug-likeness (QED) is 0.870. The van der Waals surface area contributed by atoms with Crippen LogP contribution in [0.4, 0.5) is 0 Å². The Morgan fingerprint density at radius 2 is 2.06 bits per heavy atom. The topological polar surface area (TPSA) is 30.5 Å². The highest BCUT2D eigenvalue weighted by atomic mass is 16.5. The van der Waals surface area contributed by atoms with Crippen LogP contribution in [0.2, 0.25) is 0 Å². The van der Waals surface area contributed by atoms with E-state index in [0.717, 1.165) is 31.9 Å². The van der Waals surface area contributed by atoms with E-state index in [1.807, 2.05) is 12.1 Å². The van der Waals surface area contributed by atoms with Crippen molar-refractivity contribution in [3.05, 3.63) is 29.8 Å². The van der Waals surface area contributed by atoms with E-state index in [4.69, 9.17) is 9.47 Å². The van der Waals surface area contributed by atoms with Gasteiger partial charge < -0.3 is 14.8 Å². The molecule has 2 unspecified atom stereocenters. The fourth-order valence-electron chi connectivity index (χ4n) is 1.99. The van der Waals surface area contributed by atoms with Crippen molar-refractivity contribution in [1.82, 2.24) is 5.32 Å². The van der Waals surface area contributed by atoms with Crippen molar-refractivity contribution in [2.75, 3.05) is 19.7 Å². The molecule has 3 nitrogen and oxygen atoms in total. The van der Waals surface area contributed by atoms with Gasteiger partial charge in [0.25, 0.3) is 0 Å². The molecule has 1 N–H and O–H groups in total. The maximum absolute atomic E-state index is 5.89. The average molecular weight is 235 g/mol. The summed E-state index contributed by atoms with van der Waals surface area (Å²) in [4.78, 5) is 0. The highest BCUT2D eigenvalue weighted by Crippen LogP contribution is 2.23. The van der Waals surface area contributed by atoms with E-state index in [1.165, 1.54) is 5.56 Å². The summed E-state index contributed by atoms with van der Waals surface area (Å²) in [5, 5.41) is 3.38. The Bertz CT molecular complexity index is 337. The largest absolute Gasteiger partial charge is 0.494 e. The molecule has 1 aromatic carbocycles. The van der Waals surface area contributed by atoms with Crippen LogP contribution in [0.1, 0.15) is 31.9 Å². The summed E-state index contributed by atoms with van der Waals surface area (Å²) in [5.74, 6) is 0.937. The highest BCUT2D eigenvalue weighted by Gasteiger charge is 2.19. The molecule has 2 atom stereocenters. The third-order valence-corrected chi connectivity index (χ3v) is 2.88. The molecule has 0 aromatic heterocycles. The van der Waals surface area contributed by atoms with Crippen LogP contribution in [-0.2, 0) is 4.74 Å². The number of ether oxygens (including phenoxy) is 2. The van der Waals surface area contributed by atoms with E-state index in [-0.39, 0.29) is 12.2 Å². The lowest BCUT2D eigenvalue weighted by atomic mass is 10.1. The molecule has 17 heavy (non-hydrogen) atoms. The van der Waals surface area contributed by atoms with Gasteiger partial charge in [0.1, 0.15) is 5.75 Å². The van der Waals surface area contributed by atoms with Crippen LogP contribution in [0.15, 0.2) is 24.3 Å². The minimum absolute atomic E-state index is 0.166. The van der Waals surface area contributed by atoms with Crippen molar-refractivity contribution in [2.24, 2.45) is 0 Å². The number of rotatable bonds is 4. The molecule has 0 bridgehead atoms. The molecule has 0 aliphatic carbocycles. The summed E-state index contributed by atoms with van der Waals surface area (Å²) in [6.45, 7) is 6.81. The average Bonchev–Trinajstić information content (AvgIpc) is 2.37. The van der Waals surface area contributed by atoms with Crippen LogP contribution in [0.25, 0.3) is 0 Å². The number of nitrogens with one attached hydrogen (secondary N) is 1. The Kier molecular flexibility index (Phi) is 4.40. The van der Waals surface area contributed by atoms with Crippen molar-refractivity contribution < 1.29 is 9.47 Å². The summed E-state index contributed by atoms with van der Waals surface area (Å²) < 4.78 is 11.5. The second-order valence-corrected chi connectivity index (χ2v) is 4.51. The van der Waals surface area contributed by atoms with Crippen molar-refractivity contribution in [3.8, 4) is 5.75 Å². The molecule has 0 spiro atoms. The zero-order valence-corrected chi connectivity index (χ0v) is 10.6. The van der Waals surface area contributed by atoms with Gasteiger partial charge >= 0.3 is 0 Å². The van der Waals surface area contributed by atoms with Crippen molar-refractivity contribution in [2.45, 2.75) is 32.5 Å². The van der Waals surface area contributed by atoms with Gasteiger partial charge in [-0.25, -0.2) is 0 Å². The molecule has 3 heteroatoms. The fraction of sp³-hybridized carbons (Fsp3) is 0.571. The number of morpholine rings is 1. The van der Waals surface area contributed by atoms with Crippen LogP contribution in [0, 0.1) is 0 Å². The second kappa shape index (κ2) is 6.03. The van der Waals surface area contributed by atoms with Gasteiger partial charge in [0, 0.05) is 13.1 Å². The van der Waals surface area contributed by atoms with Gasteiger partial charge in [0.15, 0.2) is 0 Å². The molecule has 2 rings (SSSR count). The molecule has 1 fully saturated rings. The monoisotopic (exact) mass is 235 g/mol. The minimum Gasteiger partial charge on any atom is -0.494 e. The van der Waals surface area contributed by atoms with Gasteiger partial charge in [0.05, 0.1) is 18.8 Å². The summed E-state index contributed by atoms with van der Waals surface area (Å²) in [7, 11) is 0.